The van der Waals surface area contributed by atoms with Gasteiger partial charge >= 0.3 is 5.69 Å². The number of carbonyl (C=O) groups is 1. The van der Waals surface area contributed by atoms with Crippen LogP contribution in [0, 0.1) is 0 Å². The summed E-state index contributed by atoms with van der Waals surface area (Å²) < 4.78 is 1.61. The third-order valence-corrected chi connectivity index (χ3v) is 8.15. The number of rotatable bonds is 2. The number of carbonyl (C=O) groups excluding carboxylic acids is 1. The molecule has 0 saturated carbocycles. The second-order valence-electron chi connectivity index (χ2n) is 10.5. The second kappa shape index (κ2) is 10.4. The van der Waals surface area contributed by atoms with E-state index < -0.39 is 5.69 Å². The Labute approximate surface area is 238 Å². The molecule has 0 unspecified atom stereocenters. The van der Waals surface area contributed by atoms with Gasteiger partial charge in [0.2, 0.25) is 5.91 Å². The first-order chi connectivity index (χ1) is 19.4. The van der Waals surface area contributed by atoms with Crippen molar-refractivity contribution in [2.45, 2.75) is 38.8 Å². The van der Waals surface area contributed by atoms with E-state index >= 15 is 0 Å². The fourth-order valence-corrected chi connectivity index (χ4v) is 6.08. The van der Waals surface area contributed by atoms with Gasteiger partial charge in [0, 0.05) is 30.7 Å². The Bertz CT molecular complexity index is 1740. The number of anilines is 1. The van der Waals surface area contributed by atoms with Crippen molar-refractivity contribution < 1.29 is 4.79 Å². The number of nitrogens with zero attached hydrogens (tertiary/aromatic N) is 5. The summed E-state index contributed by atoms with van der Waals surface area (Å²) in [6.45, 7) is 8.67. The number of hydrogen-bond donors (Lipinski definition) is 0. The molecule has 40 heavy (non-hydrogen) atoms. The summed E-state index contributed by atoms with van der Waals surface area (Å²) in [5, 5.41) is 1.18. The topological polar surface area (TPSA) is 71.3 Å². The van der Waals surface area contributed by atoms with E-state index in [-0.39, 0.29) is 18.0 Å². The molecule has 2 aromatic carbocycles. The molecule has 2 aromatic heterocycles. The average Bonchev–Trinajstić information content (AvgIpc) is 2.95. The molecule has 4 aromatic rings. The van der Waals surface area contributed by atoms with E-state index in [2.05, 4.69) is 34.7 Å². The number of hydrogen-bond acceptors (Lipinski definition) is 5. The highest BCUT2D eigenvalue weighted by atomic mass is 35.5. The lowest BCUT2D eigenvalue weighted by Crippen LogP contribution is -2.58. The van der Waals surface area contributed by atoms with Crippen LogP contribution in [0.2, 0.25) is 5.02 Å². The van der Waals surface area contributed by atoms with Crippen molar-refractivity contribution in [2.24, 2.45) is 0 Å². The Balaban J connectivity index is 1.63. The van der Waals surface area contributed by atoms with Crippen molar-refractivity contribution in [3.8, 4) is 16.9 Å². The van der Waals surface area contributed by atoms with Gasteiger partial charge in [0.05, 0.1) is 21.8 Å². The van der Waals surface area contributed by atoms with Gasteiger partial charge in [-0.2, -0.15) is 4.98 Å². The van der Waals surface area contributed by atoms with E-state index in [0.717, 1.165) is 28.8 Å². The van der Waals surface area contributed by atoms with Gasteiger partial charge in [-0.15, -0.1) is 0 Å². The number of halogens is 1. The predicted octanol–water partition coefficient (Wildman–Crippen LogP) is 5.37. The smallest absolute Gasteiger partial charge is 0.349 e. The van der Waals surface area contributed by atoms with Crippen LogP contribution >= 0.6 is 11.6 Å². The van der Waals surface area contributed by atoms with Gasteiger partial charge in [-0.05, 0) is 56.0 Å². The zero-order valence-corrected chi connectivity index (χ0v) is 23.3. The van der Waals surface area contributed by atoms with Crippen LogP contribution in [0.4, 0.5) is 5.82 Å². The molecule has 0 N–H and O–H groups in total. The molecule has 2 aliphatic rings. The standard InChI is InChI=1S/C32H30ClN5O2/c1-4-28(39)36-18-21(3)37(19-20(36)2)30-25-17-26(33)29-24-15-9-7-12-22(24)11-5-6-13-23-14-8-10-16-27(23)38(31(25)34-29)32(40)35-30/h4-10,12,14-17,20-21H,1,11,13,18-19H2,2-3H3/b6-5-/t20-,21+/m1/s1. The van der Waals surface area contributed by atoms with E-state index in [4.69, 9.17) is 16.6 Å². The summed E-state index contributed by atoms with van der Waals surface area (Å²) in [5.41, 5.74) is 4.52. The molecule has 8 heteroatoms. The van der Waals surface area contributed by atoms with Crippen LogP contribution in [-0.2, 0) is 17.6 Å². The van der Waals surface area contributed by atoms with E-state index in [9.17, 15) is 9.59 Å². The summed E-state index contributed by atoms with van der Waals surface area (Å²) in [6, 6.07) is 17.7. The fraction of sp³-hybridized carbons (Fsp3) is 0.250. The highest BCUT2D eigenvalue weighted by Gasteiger charge is 2.33. The van der Waals surface area contributed by atoms with Crippen molar-refractivity contribution in [1.82, 2.24) is 19.4 Å². The number of para-hydroxylation sites is 1. The molecular formula is C32H30ClN5O2. The van der Waals surface area contributed by atoms with Crippen molar-refractivity contribution in [1.29, 1.82) is 0 Å². The number of pyridine rings is 1. The molecule has 2 atom stereocenters. The Hall–Kier alpha value is -4.23. The van der Waals surface area contributed by atoms with Crippen LogP contribution in [0.5, 0.6) is 0 Å². The van der Waals surface area contributed by atoms with E-state index in [0.29, 0.717) is 47.1 Å². The van der Waals surface area contributed by atoms with Crippen molar-refractivity contribution in [2.75, 3.05) is 18.0 Å². The van der Waals surface area contributed by atoms with E-state index in [1.807, 2.05) is 62.4 Å². The second-order valence-corrected chi connectivity index (χ2v) is 10.9. The maximum atomic E-state index is 13.9. The van der Waals surface area contributed by atoms with Crippen LogP contribution in [0.1, 0.15) is 25.0 Å². The minimum Gasteiger partial charge on any atom is -0.349 e. The summed E-state index contributed by atoms with van der Waals surface area (Å²) in [6.07, 6.45) is 7.04. The van der Waals surface area contributed by atoms with Crippen LogP contribution < -0.4 is 10.6 Å². The number of amides is 1. The molecule has 7 nitrogen and oxygen atoms in total. The van der Waals surface area contributed by atoms with Crippen LogP contribution in [0.3, 0.4) is 0 Å². The highest BCUT2D eigenvalue weighted by molar-refractivity contribution is 6.34. The minimum absolute atomic E-state index is 0.0896. The molecule has 1 fully saturated rings. The Morgan fingerprint density at radius 3 is 2.45 bits per heavy atom. The van der Waals surface area contributed by atoms with Crippen molar-refractivity contribution >= 4 is 34.4 Å². The predicted molar refractivity (Wildman–Crippen MR) is 160 cm³/mol. The zero-order valence-electron chi connectivity index (χ0n) is 22.5. The number of fused-ring (bicyclic) bond motifs is 5. The quantitative estimate of drug-likeness (QED) is 0.247. The third-order valence-electron chi connectivity index (χ3n) is 7.86. The largest absolute Gasteiger partial charge is 0.355 e. The minimum atomic E-state index is -0.408. The summed E-state index contributed by atoms with van der Waals surface area (Å²) in [7, 11) is 0. The Kier molecular flexibility index (Phi) is 6.76. The zero-order chi connectivity index (χ0) is 28.0. The van der Waals surface area contributed by atoms with Gasteiger partial charge < -0.3 is 9.80 Å². The molecule has 2 bridgehead atoms. The number of piperazine rings is 1. The van der Waals surface area contributed by atoms with Gasteiger partial charge in [0.15, 0.2) is 5.65 Å². The number of aromatic nitrogens is 3. The number of benzene rings is 2. The lowest BCUT2D eigenvalue weighted by Gasteiger charge is -2.44. The number of allylic oxidation sites excluding steroid dienone is 2. The molecule has 1 saturated heterocycles. The Morgan fingerprint density at radius 1 is 0.975 bits per heavy atom. The molecule has 2 aliphatic heterocycles. The summed E-state index contributed by atoms with van der Waals surface area (Å²) >= 11 is 6.97. The highest BCUT2D eigenvalue weighted by Crippen LogP contribution is 2.36. The Morgan fingerprint density at radius 2 is 1.68 bits per heavy atom. The molecule has 0 radical (unpaired) electrons. The van der Waals surface area contributed by atoms with Gasteiger partial charge in [-0.3, -0.25) is 4.79 Å². The lowest BCUT2D eigenvalue weighted by atomic mass is 9.99. The molecule has 1 amide bonds. The molecule has 202 valence electrons. The van der Waals surface area contributed by atoms with Crippen LogP contribution in [-0.4, -0.2) is 50.5 Å². The maximum Gasteiger partial charge on any atom is 0.355 e. The van der Waals surface area contributed by atoms with Crippen molar-refractivity contribution in [3.63, 3.8) is 0 Å². The summed E-state index contributed by atoms with van der Waals surface area (Å²) in [5.74, 6) is 0.423. The maximum absolute atomic E-state index is 13.9. The third kappa shape index (κ3) is 4.40. The van der Waals surface area contributed by atoms with Crippen LogP contribution in [0.15, 0.2) is 84.2 Å². The molecule has 0 spiro atoms. The van der Waals surface area contributed by atoms with Gasteiger partial charge in [0.1, 0.15) is 5.82 Å². The average molecular weight is 552 g/mol. The lowest BCUT2D eigenvalue weighted by molar-refractivity contribution is -0.128. The first-order valence-corrected chi connectivity index (χ1v) is 13.9. The van der Waals surface area contributed by atoms with E-state index in [1.165, 1.54) is 6.08 Å². The van der Waals surface area contributed by atoms with Gasteiger partial charge in [0.25, 0.3) is 0 Å². The van der Waals surface area contributed by atoms with Crippen molar-refractivity contribution in [3.05, 3.63) is 106 Å². The van der Waals surface area contributed by atoms with Gasteiger partial charge in [-0.1, -0.05) is 72.8 Å². The fourth-order valence-electron chi connectivity index (χ4n) is 5.83. The normalized spacial score (nSPS) is 19.4. The first kappa shape index (κ1) is 26.0. The van der Waals surface area contributed by atoms with E-state index in [1.54, 1.807) is 9.47 Å². The molecule has 6 rings (SSSR count). The summed E-state index contributed by atoms with van der Waals surface area (Å²) in [4.78, 5) is 40.0. The van der Waals surface area contributed by atoms with Crippen LogP contribution in [0.25, 0.3) is 28.0 Å². The molecule has 4 heterocycles. The molecule has 0 aliphatic carbocycles. The SMILES string of the molecule is C=CC(=O)N1C[C@H](C)N(c2nc(=O)n3c4nc(c(Cl)cc24)-c2ccccc2C/C=C\Cc2ccccc2-3)C[C@H]1C. The molecular weight excluding hydrogens is 522 g/mol. The first-order valence-electron chi connectivity index (χ1n) is 13.5. The monoisotopic (exact) mass is 551 g/mol. The van der Waals surface area contributed by atoms with Gasteiger partial charge in [-0.25, -0.2) is 14.3 Å².